The highest BCUT2D eigenvalue weighted by Gasteiger charge is 2.14. The van der Waals surface area contributed by atoms with Gasteiger partial charge >= 0.3 is 0 Å². The third-order valence-electron chi connectivity index (χ3n) is 8.75. The van der Waals surface area contributed by atoms with E-state index in [0.717, 1.165) is 64.2 Å². The van der Waals surface area contributed by atoms with E-state index in [0.29, 0.717) is 23.3 Å². The molecule has 3 nitrogen and oxygen atoms in total. The molecule has 0 aliphatic heterocycles. The Morgan fingerprint density at radius 1 is 0.543 bits per heavy atom. The molecule has 0 atom stereocenters. The van der Waals surface area contributed by atoms with E-state index in [1.165, 1.54) is 65.0 Å². The molecular formula is C43H66O3. The Balaban J connectivity index is 2.34. The van der Waals surface area contributed by atoms with Gasteiger partial charge in [0.2, 0.25) is 0 Å². The van der Waals surface area contributed by atoms with Gasteiger partial charge in [0.15, 0.2) is 11.5 Å². The van der Waals surface area contributed by atoms with E-state index in [1.54, 1.807) is 0 Å². The van der Waals surface area contributed by atoms with Crippen molar-refractivity contribution in [3.8, 4) is 17.2 Å². The molecule has 2 N–H and O–H groups in total. The van der Waals surface area contributed by atoms with Crippen molar-refractivity contribution >= 4 is 0 Å². The van der Waals surface area contributed by atoms with Gasteiger partial charge in [0, 0.05) is 11.6 Å². The van der Waals surface area contributed by atoms with Crippen LogP contribution in [0.2, 0.25) is 0 Å². The van der Waals surface area contributed by atoms with Crippen LogP contribution in [0, 0.1) is 6.92 Å². The lowest BCUT2D eigenvalue weighted by molar-refractivity contribution is 0.365. The number of allylic oxidation sites excluding steroid dienone is 14. The number of benzene rings is 1. The predicted octanol–water partition coefficient (Wildman–Crippen LogP) is 13.3. The maximum atomic E-state index is 10.5. The lowest BCUT2D eigenvalue weighted by Crippen LogP contribution is -1.94. The van der Waals surface area contributed by atoms with Gasteiger partial charge in [0.25, 0.3) is 0 Å². The normalized spacial score (nSPS) is 13.8. The molecule has 0 aromatic heterocycles. The van der Waals surface area contributed by atoms with E-state index in [2.05, 4.69) is 97.9 Å². The summed E-state index contributed by atoms with van der Waals surface area (Å²) in [7, 11) is 1.50. The molecule has 0 bridgehead atoms. The van der Waals surface area contributed by atoms with Gasteiger partial charge in [-0.15, -0.1) is 0 Å². The molecule has 0 unspecified atom stereocenters. The zero-order chi connectivity index (χ0) is 34.5. The summed E-state index contributed by atoms with van der Waals surface area (Å²) in [6.45, 7) is 19.6. The molecular weight excluding hydrogens is 564 g/mol. The second kappa shape index (κ2) is 23.2. The Hall–Kier alpha value is -3.20. The zero-order valence-corrected chi connectivity index (χ0v) is 31.1. The first-order chi connectivity index (χ1) is 21.8. The molecule has 1 aromatic rings. The van der Waals surface area contributed by atoms with Gasteiger partial charge in [-0.3, -0.25) is 0 Å². The van der Waals surface area contributed by atoms with Gasteiger partial charge in [-0.25, -0.2) is 0 Å². The van der Waals surface area contributed by atoms with Crippen LogP contribution in [0.1, 0.15) is 144 Å². The van der Waals surface area contributed by atoms with Crippen LogP contribution in [-0.2, 0) is 6.42 Å². The fourth-order valence-electron chi connectivity index (χ4n) is 5.40. The van der Waals surface area contributed by atoms with Gasteiger partial charge in [0.1, 0.15) is 5.75 Å². The third kappa shape index (κ3) is 18.1. The average molecular weight is 631 g/mol. The Kier molecular flexibility index (Phi) is 20.6. The van der Waals surface area contributed by atoms with Crippen molar-refractivity contribution in [2.24, 2.45) is 0 Å². The van der Waals surface area contributed by atoms with Gasteiger partial charge in [0.05, 0.1) is 7.11 Å². The maximum Gasteiger partial charge on any atom is 0.164 e. The summed E-state index contributed by atoms with van der Waals surface area (Å²) in [4.78, 5) is 0. The molecule has 46 heavy (non-hydrogen) atoms. The second-order valence-electron chi connectivity index (χ2n) is 13.6. The quantitative estimate of drug-likeness (QED) is 0.105. The number of rotatable bonds is 21. The number of hydrogen-bond acceptors (Lipinski definition) is 3. The third-order valence-corrected chi connectivity index (χ3v) is 8.75. The lowest BCUT2D eigenvalue weighted by atomic mass is 10.00. The number of hydrogen-bond donors (Lipinski definition) is 2. The second-order valence-corrected chi connectivity index (χ2v) is 13.6. The van der Waals surface area contributed by atoms with E-state index in [4.69, 9.17) is 4.74 Å². The summed E-state index contributed by atoms with van der Waals surface area (Å²) in [5, 5.41) is 20.6. The van der Waals surface area contributed by atoms with E-state index < -0.39 is 0 Å². The number of aromatic hydroxyl groups is 2. The summed E-state index contributed by atoms with van der Waals surface area (Å²) < 4.78 is 5.19. The minimum atomic E-state index is 0.112. The van der Waals surface area contributed by atoms with Crippen LogP contribution in [0.25, 0.3) is 0 Å². The fraction of sp³-hybridized carbons (Fsp3) is 0.535. The van der Waals surface area contributed by atoms with Crippen molar-refractivity contribution < 1.29 is 14.9 Å². The minimum Gasteiger partial charge on any atom is -0.508 e. The molecule has 0 spiro atoms. The number of phenols is 2. The van der Waals surface area contributed by atoms with Crippen molar-refractivity contribution in [3.63, 3.8) is 0 Å². The fourth-order valence-corrected chi connectivity index (χ4v) is 5.40. The van der Waals surface area contributed by atoms with E-state index >= 15 is 0 Å². The monoisotopic (exact) mass is 631 g/mol. The van der Waals surface area contributed by atoms with Crippen LogP contribution in [0.5, 0.6) is 17.2 Å². The summed E-state index contributed by atoms with van der Waals surface area (Å²) >= 11 is 0. The smallest absolute Gasteiger partial charge is 0.164 e. The molecule has 0 radical (unpaired) electrons. The van der Waals surface area contributed by atoms with Gasteiger partial charge in [-0.1, -0.05) is 81.5 Å². The Bertz CT molecular complexity index is 1290. The molecule has 0 saturated carbocycles. The first-order valence-corrected chi connectivity index (χ1v) is 17.5. The van der Waals surface area contributed by atoms with E-state index in [9.17, 15) is 10.2 Å². The van der Waals surface area contributed by atoms with Crippen LogP contribution < -0.4 is 4.74 Å². The molecule has 3 heteroatoms. The zero-order valence-electron chi connectivity index (χ0n) is 31.1. The molecule has 1 aromatic carbocycles. The summed E-state index contributed by atoms with van der Waals surface area (Å²) in [5.41, 5.74) is 11.6. The van der Waals surface area contributed by atoms with Crippen LogP contribution in [0.4, 0.5) is 0 Å². The molecule has 0 heterocycles. The first-order valence-electron chi connectivity index (χ1n) is 17.5. The molecule has 256 valence electrons. The number of phenolic OH excluding ortho intramolecular Hbond substituents is 2. The lowest BCUT2D eigenvalue weighted by Gasteiger charge is -2.13. The van der Waals surface area contributed by atoms with E-state index in [-0.39, 0.29) is 11.5 Å². The molecule has 0 fully saturated rings. The van der Waals surface area contributed by atoms with Crippen molar-refractivity contribution in [1.82, 2.24) is 0 Å². The Labute approximate surface area is 283 Å². The number of methoxy groups -OCH3 is 1. The minimum absolute atomic E-state index is 0.112. The molecule has 0 aliphatic carbocycles. The Morgan fingerprint density at radius 2 is 0.870 bits per heavy atom. The largest absolute Gasteiger partial charge is 0.508 e. The predicted molar refractivity (Wildman–Crippen MR) is 202 cm³/mol. The molecule has 0 saturated heterocycles. The Morgan fingerprint density at radius 3 is 1.20 bits per heavy atom. The first kappa shape index (κ1) is 40.8. The highest BCUT2D eigenvalue weighted by molar-refractivity contribution is 5.56. The molecule has 1 rings (SSSR count). The van der Waals surface area contributed by atoms with Crippen molar-refractivity contribution in [3.05, 3.63) is 98.7 Å². The summed E-state index contributed by atoms with van der Waals surface area (Å²) in [6.07, 6.45) is 30.5. The van der Waals surface area contributed by atoms with Crippen LogP contribution in [-0.4, -0.2) is 17.3 Å². The van der Waals surface area contributed by atoms with Crippen molar-refractivity contribution in [2.45, 2.75) is 146 Å². The average Bonchev–Trinajstić information content (AvgIpc) is 2.98. The van der Waals surface area contributed by atoms with Crippen LogP contribution in [0.15, 0.2) is 87.6 Å². The van der Waals surface area contributed by atoms with Crippen LogP contribution in [0.3, 0.4) is 0 Å². The standard InChI is InChI=1S/C43H66O3/c1-32(2)17-11-18-33(3)19-12-20-34(4)21-13-22-35(5)23-14-24-36(6)25-15-26-37(7)27-16-28-38(8)29-30-40-39(9)41(44)31-42(46-10)43(40)45/h17,19,21,23,25,27,29,31,44-45H,11-16,18,20,22,24,26,28,30H2,1-10H3/b33-19+,34-21+,35-23+,36-25+,37-27+,38-29+. The topological polar surface area (TPSA) is 49.7 Å². The van der Waals surface area contributed by atoms with Gasteiger partial charge < -0.3 is 14.9 Å². The number of ether oxygens (including phenoxy) is 1. The maximum absolute atomic E-state index is 10.5. The van der Waals surface area contributed by atoms with Crippen molar-refractivity contribution in [2.75, 3.05) is 7.11 Å². The van der Waals surface area contributed by atoms with Crippen molar-refractivity contribution in [1.29, 1.82) is 0 Å². The highest BCUT2D eigenvalue weighted by atomic mass is 16.5. The summed E-state index contributed by atoms with van der Waals surface area (Å²) in [5.74, 6) is 0.569. The van der Waals surface area contributed by atoms with Crippen LogP contribution >= 0.6 is 0 Å². The molecule has 0 aliphatic rings. The van der Waals surface area contributed by atoms with Gasteiger partial charge in [-0.05, 0) is 151 Å². The summed E-state index contributed by atoms with van der Waals surface area (Å²) in [6, 6.07) is 1.46. The van der Waals surface area contributed by atoms with E-state index in [1.807, 2.05) is 6.92 Å². The highest BCUT2D eigenvalue weighted by Crippen LogP contribution is 2.38. The molecule has 0 amide bonds. The van der Waals surface area contributed by atoms with Gasteiger partial charge in [-0.2, -0.15) is 0 Å². The SMILES string of the molecule is COc1cc(O)c(C)c(C/C=C(\C)CC/C=C(\C)CC/C=C(\C)CC/C=C(\C)CC/C=C(\C)CC/C=C(\C)CCC=C(C)C)c1O.